The topological polar surface area (TPSA) is 51.2 Å². The second-order valence-corrected chi connectivity index (χ2v) is 3.03. The Bertz CT molecular complexity index is 471. The number of para-hydroxylation sites is 2. The molecule has 0 aliphatic heterocycles. The van der Waals surface area contributed by atoms with Gasteiger partial charge in [0.1, 0.15) is 0 Å². The van der Waals surface area contributed by atoms with Crippen molar-refractivity contribution >= 4 is 12.1 Å². The van der Waals surface area contributed by atoms with Crippen molar-refractivity contribution in [1.82, 2.24) is 4.98 Å². The molecule has 1 aromatic heterocycles. The van der Waals surface area contributed by atoms with Gasteiger partial charge in [0.15, 0.2) is 5.75 Å². The first-order valence-corrected chi connectivity index (χ1v) is 4.78. The maximum atomic E-state index is 10.4. The lowest BCUT2D eigenvalue weighted by Gasteiger charge is -2.08. The van der Waals surface area contributed by atoms with Gasteiger partial charge in [-0.3, -0.25) is 4.79 Å². The summed E-state index contributed by atoms with van der Waals surface area (Å²) in [7, 11) is 0. The van der Waals surface area contributed by atoms with Crippen LogP contribution in [-0.4, -0.2) is 11.4 Å². The van der Waals surface area contributed by atoms with Gasteiger partial charge in [-0.25, -0.2) is 4.98 Å². The third-order valence-electron chi connectivity index (χ3n) is 1.95. The molecule has 80 valence electrons. The molecule has 2 rings (SSSR count). The number of hydrogen-bond donors (Lipinski definition) is 1. The fourth-order valence-corrected chi connectivity index (χ4v) is 1.26. The quantitative estimate of drug-likeness (QED) is 0.795. The number of carbonyl (C=O) groups is 1. The van der Waals surface area contributed by atoms with Gasteiger partial charge in [0, 0.05) is 12.3 Å². The average molecular weight is 214 g/mol. The molecule has 0 radical (unpaired) electrons. The Morgan fingerprint density at radius 1 is 1.12 bits per heavy atom. The molecule has 1 N–H and O–H groups in total. The van der Waals surface area contributed by atoms with Gasteiger partial charge in [0.2, 0.25) is 12.3 Å². The van der Waals surface area contributed by atoms with Crippen molar-refractivity contribution in [2.75, 3.05) is 5.32 Å². The van der Waals surface area contributed by atoms with Crippen LogP contribution in [0.2, 0.25) is 0 Å². The van der Waals surface area contributed by atoms with E-state index in [0.717, 1.165) is 0 Å². The average Bonchev–Trinajstić information content (AvgIpc) is 2.33. The molecule has 1 aromatic carbocycles. The van der Waals surface area contributed by atoms with E-state index in [1.54, 1.807) is 24.4 Å². The number of rotatable bonds is 4. The van der Waals surface area contributed by atoms with Crippen molar-refractivity contribution < 1.29 is 9.53 Å². The summed E-state index contributed by atoms with van der Waals surface area (Å²) in [4.78, 5) is 14.4. The highest BCUT2D eigenvalue weighted by atomic mass is 16.5. The molecule has 1 heterocycles. The normalized spacial score (nSPS) is 9.50. The minimum absolute atomic E-state index is 0.489. The summed E-state index contributed by atoms with van der Waals surface area (Å²) in [6.07, 6.45) is 2.26. The van der Waals surface area contributed by atoms with Gasteiger partial charge in [0.25, 0.3) is 0 Å². The van der Waals surface area contributed by atoms with E-state index >= 15 is 0 Å². The molecule has 0 bridgehead atoms. The number of hydrogen-bond acceptors (Lipinski definition) is 3. The lowest BCUT2D eigenvalue weighted by atomic mass is 10.3. The fourth-order valence-electron chi connectivity index (χ4n) is 1.26. The SMILES string of the molecule is O=CNc1ccccc1Oc1ccccn1. The number of nitrogens with zero attached hydrogens (tertiary/aromatic N) is 1. The standard InChI is InChI=1S/C12H10N2O2/c15-9-14-10-5-1-2-6-11(10)16-12-7-3-4-8-13-12/h1-9H,(H,14,15). The van der Waals surface area contributed by atoms with Gasteiger partial charge in [-0.15, -0.1) is 0 Å². The third-order valence-corrected chi connectivity index (χ3v) is 1.95. The summed E-state index contributed by atoms with van der Waals surface area (Å²) in [6, 6.07) is 12.6. The molecule has 0 aliphatic carbocycles. The molecule has 0 atom stereocenters. The second kappa shape index (κ2) is 4.93. The lowest BCUT2D eigenvalue weighted by Crippen LogP contribution is -1.97. The molecule has 1 amide bonds. The van der Waals surface area contributed by atoms with E-state index in [2.05, 4.69) is 10.3 Å². The molecule has 0 spiro atoms. The molecule has 0 aliphatic rings. The predicted molar refractivity (Wildman–Crippen MR) is 60.4 cm³/mol. The van der Waals surface area contributed by atoms with E-state index in [9.17, 15) is 4.79 Å². The number of anilines is 1. The van der Waals surface area contributed by atoms with Gasteiger partial charge in [-0.05, 0) is 18.2 Å². The Morgan fingerprint density at radius 2 is 1.94 bits per heavy atom. The van der Waals surface area contributed by atoms with Crippen molar-refractivity contribution in [2.45, 2.75) is 0 Å². The van der Waals surface area contributed by atoms with Gasteiger partial charge in [0.05, 0.1) is 5.69 Å². The zero-order valence-electron chi connectivity index (χ0n) is 8.46. The Hall–Kier alpha value is -2.36. The first-order chi connectivity index (χ1) is 7.90. The van der Waals surface area contributed by atoms with Gasteiger partial charge >= 0.3 is 0 Å². The number of aromatic nitrogens is 1. The summed E-state index contributed by atoms with van der Waals surface area (Å²) in [5, 5.41) is 2.56. The number of pyridine rings is 1. The summed E-state index contributed by atoms with van der Waals surface area (Å²) < 4.78 is 5.53. The van der Waals surface area contributed by atoms with Crippen molar-refractivity contribution in [1.29, 1.82) is 0 Å². The molecule has 4 heteroatoms. The molecule has 2 aromatic rings. The van der Waals surface area contributed by atoms with Crippen LogP contribution < -0.4 is 10.1 Å². The van der Waals surface area contributed by atoms with Crippen molar-refractivity contribution in [3.05, 3.63) is 48.7 Å². The van der Waals surface area contributed by atoms with Crippen LogP contribution >= 0.6 is 0 Å². The Morgan fingerprint density at radius 3 is 2.69 bits per heavy atom. The molecule has 0 saturated heterocycles. The Kier molecular flexibility index (Phi) is 3.13. The minimum atomic E-state index is 0.489. The number of ether oxygens (including phenoxy) is 1. The van der Waals surface area contributed by atoms with Crippen molar-refractivity contribution in [3.63, 3.8) is 0 Å². The highest BCUT2D eigenvalue weighted by molar-refractivity contribution is 5.75. The molecule has 0 fully saturated rings. The highest BCUT2D eigenvalue weighted by Gasteiger charge is 2.03. The van der Waals surface area contributed by atoms with Gasteiger partial charge in [-0.2, -0.15) is 0 Å². The summed E-state index contributed by atoms with van der Waals surface area (Å²) >= 11 is 0. The molecule has 4 nitrogen and oxygen atoms in total. The summed E-state index contributed by atoms with van der Waals surface area (Å²) in [6.45, 7) is 0. The number of carbonyl (C=O) groups excluding carboxylic acids is 1. The van der Waals surface area contributed by atoms with Crippen LogP contribution in [0.3, 0.4) is 0 Å². The highest BCUT2D eigenvalue weighted by Crippen LogP contribution is 2.27. The third kappa shape index (κ3) is 2.36. The van der Waals surface area contributed by atoms with Crippen LogP contribution in [-0.2, 0) is 4.79 Å². The smallest absolute Gasteiger partial charge is 0.219 e. The van der Waals surface area contributed by atoms with Crippen LogP contribution in [0.1, 0.15) is 0 Å². The zero-order chi connectivity index (χ0) is 11.2. The lowest BCUT2D eigenvalue weighted by molar-refractivity contribution is -0.105. The number of benzene rings is 1. The van der Waals surface area contributed by atoms with Crippen molar-refractivity contribution in [3.8, 4) is 11.6 Å². The maximum absolute atomic E-state index is 10.4. The predicted octanol–water partition coefficient (Wildman–Crippen LogP) is 2.44. The van der Waals surface area contributed by atoms with Crippen LogP contribution in [0.25, 0.3) is 0 Å². The first kappa shape index (κ1) is 10.2. The van der Waals surface area contributed by atoms with E-state index in [4.69, 9.17) is 4.74 Å². The number of amides is 1. The number of nitrogens with one attached hydrogen (secondary N) is 1. The molecular weight excluding hydrogens is 204 g/mol. The summed E-state index contributed by atoms with van der Waals surface area (Å²) in [5.41, 5.74) is 0.614. The zero-order valence-corrected chi connectivity index (χ0v) is 8.46. The fraction of sp³-hybridized carbons (Fsp3) is 0. The second-order valence-electron chi connectivity index (χ2n) is 3.03. The van der Waals surface area contributed by atoms with Crippen LogP contribution in [0.5, 0.6) is 11.6 Å². The van der Waals surface area contributed by atoms with E-state index in [0.29, 0.717) is 23.7 Å². The van der Waals surface area contributed by atoms with E-state index in [1.807, 2.05) is 24.3 Å². The Balaban J connectivity index is 2.24. The van der Waals surface area contributed by atoms with E-state index in [1.165, 1.54) is 0 Å². The van der Waals surface area contributed by atoms with Crippen LogP contribution in [0.4, 0.5) is 5.69 Å². The largest absolute Gasteiger partial charge is 0.437 e. The Labute approximate surface area is 92.9 Å². The monoisotopic (exact) mass is 214 g/mol. The molecular formula is C12H10N2O2. The first-order valence-electron chi connectivity index (χ1n) is 4.78. The van der Waals surface area contributed by atoms with Crippen molar-refractivity contribution in [2.24, 2.45) is 0 Å². The van der Waals surface area contributed by atoms with E-state index in [-0.39, 0.29) is 0 Å². The van der Waals surface area contributed by atoms with Gasteiger partial charge < -0.3 is 10.1 Å². The van der Waals surface area contributed by atoms with E-state index < -0.39 is 0 Å². The molecule has 0 saturated carbocycles. The maximum Gasteiger partial charge on any atom is 0.219 e. The van der Waals surface area contributed by atoms with Gasteiger partial charge in [-0.1, -0.05) is 18.2 Å². The minimum Gasteiger partial charge on any atom is -0.437 e. The molecule has 0 unspecified atom stereocenters. The molecule has 16 heavy (non-hydrogen) atoms. The van der Waals surface area contributed by atoms with Crippen LogP contribution in [0, 0.1) is 0 Å². The van der Waals surface area contributed by atoms with Crippen LogP contribution in [0.15, 0.2) is 48.7 Å². The summed E-state index contributed by atoms with van der Waals surface area (Å²) in [5.74, 6) is 1.05.